The van der Waals surface area contributed by atoms with Gasteiger partial charge in [-0.05, 0) is 36.8 Å². The molecule has 0 radical (unpaired) electrons. The standard InChI is InChI=1S/C20H18N4O6/c1-2-29-18-9-13(6-7-17(18)30-12-19(22)25)8-14(11-21)20(26)23-15-4-3-5-16(10-15)24(27)28/h3-10H,2,12H2,1H3,(H2,22,25)(H,23,26)/b14-8+. The number of benzene rings is 2. The van der Waals surface area contributed by atoms with Crippen LogP contribution in [0.3, 0.4) is 0 Å². The van der Waals surface area contributed by atoms with Crippen molar-refractivity contribution < 1.29 is 24.0 Å². The van der Waals surface area contributed by atoms with Gasteiger partial charge >= 0.3 is 0 Å². The molecule has 10 heteroatoms. The highest BCUT2D eigenvalue weighted by molar-refractivity contribution is 6.09. The molecule has 2 aromatic rings. The van der Waals surface area contributed by atoms with Crippen molar-refractivity contribution in [3.05, 3.63) is 63.7 Å². The molecule has 10 nitrogen and oxygen atoms in total. The number of hydrogen-bond acceptors (Lipinski definition) is 7. The summed E-state index contributed by atoms with van der Waals surface area (Å²) in [6.45, 7) is 1.75. The van der Waals surface area contributed by atoms with Crippen LogP contribution in [0, 0.1) is 21.4 Å². The van der Waals surface area contributed by atoms with E-state index in [9.17, 15) is 25.0 Å². The molecule has 30 heavy (non-hydrogen) atoms. The SMILES string of the molecule is CCOc1cc(/C=C(\C#N)C(=O)Nc2cccc([N+](=O)[O-])c2)ccc1OCC(N)=O. The molecule has 0 aliphatic carbocycles. The van der Waals surface area contributed by atoms with Crippen LogP contribution in [0.1, 0.15) is 12.5 Å². The Balaban J connectivity index is 2.25. The van der Waals surface area contributed by atoms with Gasteiger partial charge in [0.05, 0.1) is 11.5 Å². The van der Waals surface area contributed by atoms with Crippen LogP contribution in [0.2, 0.25) is 0 Å². The zero-order valence-electron chi connectivity index (χ0n) is 16.0. The summed E-state index contributed by atoms with van der Waals surface area (Å²) in [5.74, 6) is -0.785. The van der Waals surface area contributed by atoms with Gasteiger partial charge in [-0.15, -0.1) is 0 Å². The number of nitro benzene ring substituents is 1. The van der Waals surface area contributed by atoms with Crippen LogP contribution >= 0.6 is 0 Å². The highest BCUT2D eigenvalue weighted by Crippen LogP contribution is 2.29. The van der Waals surface area contributed by atoms with Gasteiger partial charge in [-0.2, -0.15) is 5.26 Å². The highest BCUT2D eigenvalue weighted by Gasteiger charge is 2.13. The third-order valence-corrected chi connectivity index (χ3v) is 3.63. The highest BCUT2D eigenvalue weighted by atomic mass is 16.6. The first-order chi connectivity index (χ1) is 14.3. The third-order valence-electron chi connectivity index (χ3n) is 3.63. The maximum absolute atomic E-state index is 12.4. The molecule has 154 valence electrons. The number of nitrogens with one attached hydrogen (secondary N) is 1. The third kappa shape index (κ3) is 6.07. The first kappa shape index (κ1) is 21.9. The number of carbonyl (C=O) groups excluding carboxylic acids is 2. The molecule has 0 unspecified atom stereocenters. The Morgan fingerprint density at radius 3 is 2.63 bits per heavy atom. The quantitative estimate of drug-likeness (QED) is 0.278. The van der Waals surface area contributed by atoms with Crippen molar-refractivity contribution in [2.75, 3.05) is 18.5 Å². The fourth-order valence-corrected chi connectivity index (χ4v) is 2.36. The van der Waals surface area contributed by atoms with Crippen LogP contribution in [-0.4, -0.2) is 30.0 Å². The van der Waals surface area contributed by atoms with Crippen LogP contribution in [0.4, 0.5) is 11.4 Å². The van der Waals surface area contributed by atoms with E-state index in [1.165, 1.54) is 42.5 Å². The van der Waals surface area contributed by atoms with Crippen LogP contribution in [0.5, 0.6) is 11.5 Å². The summed E-state index contributed by atoms with van der Waals surface area (Å²) >= 11 is 0. The maximum atomic E-state index is 12.4. The molecule has 2 aromatic carbocycles. The minimum Gasteiger partial charge on any atom is -0.490 e. The Bertz CT molecular complexity index is 1040. The van der Waals surface area contributed by atoms with E-state index >= 15 is 0 Å². The van der Waals surface area contributed by atoms with Crippen LogP contribution in [0.25, 0.3) is 6.08 Å². The lowest BCUT2D eigenvalue weighted by molar-refractivity contribution is -0.384. The number of primary amides is 1. The fourth-order valence-electron chi connectivity index (χ4n) is 2.36. The van der Waals surface area contributed by atoms with Gasteiger partial charge in [0.25, 0.3) is 17.5 Å². The van der Waals surface area contributed by atoms with Crippen molar-refractivity contribution in [2.24, 2.45) is 5.73 Å². The summed E-state index contributed by atoms with van der Waals surface area (Å²) in [4.78, 5) is 33.6. The average Bonchev–Trinajstić information content (AvgIpc) is 2.71. The molecular formula is C20H18N4O6. The van der Waals surface area contributed by atoms with E-state index in [-0.39, 0.29) is 29.3 Å². The van der Waals surface area contributed by atoms with E-state index < -0.39 is 16.7 Å². The van der Waals surface area contributed by atoms with Crippen LogP contribution < -0.4 is 20.5 Å². The summed E-state index contributed by atoms with van der Waals surface area (Å²) in [5, 5.41) is 22.7. The number of nitrogens with two attached hydrogens (primary N) is 1. The van der Waals surface area contributed by atoms with Crippen molar-refractivity contribution in [3.63, 3.8) is 0 Å². The Labute approximate surface area is 171 Å². The fraction of sp³-hybridized carbons (Fsp3) is 0.150. The minimum atomic E-state index is -0.731. The Hall–Kier alpha value is -4.39. The first-order valence-corrected chi connectivity index (χ1v) is 8.69. The molecule has 0 saturated heterocycles. The number of anilines is 1. The molecule has 0 aromatic heterocycles. The smallest absolute Gasteiger partial charge is 0.271 e. The second-order valence-corrected chi connectivity index (χ2v) is 5.83. The predicted molar refractivity (Wildman–Crippen MR) is 108 cm³/mol. The van der Waals surface area contributed by atoms with E-state index in [2.05, 4.69) is 5.32 Å². The molecule has 0 bridgehead atoms. The summed E-state index contributed by atoms with van der Waals surface area (Å²) in [6, 6.07) is 11.8. The van der Waals surface area contributed by atoms with E-state index in [4.69, 9.17) is 15.2 Å². The van der Waals surface area contributed by atoms with Crippen molar-refractivity contribution in [1.29, 1.82) is 5.26 Å². The molecule has 0 aliphatic heterocycles. The van der Waals surface area contributed by atoms with Crippen molar-refractivity contribution in [3.8, 4) is 17.6 Å². The maximum Gasteiger partial charge on any atom is 0.271 e. The molecule has 0 atom stereocenters. The Kier molecular flexibility index (Phi) is 7.47. The van der Waals surface area contributed by atoms with Gasteiger partial charge in [-0.25, -0.2) is 0 Å². The van der Waals surface area contributed by atoms with Gasteiger partial charge in [0.15, 0.2) is 18.1 Å². The van der Waals surface area contributed by atoms with Crippen LogP contribution in [-0.2, 0) is 9.59 Å². The molecule has 0 fully saturated rings. The summed E-state index contributed by atoms with van der Waals surface area (Å²) in [5.41, 5.74) is 5.30. The zero-order valence-corrected chi connectivity index (χ0v) is 16.0. The lowest BCUT2D eigenvalue weighted by Gasteiger charge is -2.11. The lowest BCUT2D eigenvalue weighted by Crippen LogP contribution is -2.20. The van der Waals surface area contributed by atoms with Gasteiger partial charge in [-0.3, -0.25) is 19.7 Å². The molecule has 0 heterocycles. The summed E-state index contributed by atoms with van der Waals surface area (Å²) in [7, 11) is 0. The van der Waals surface area contributed by atoms with Gasteiger partial charge in [-0.1, -0.05) is 12.1 Å². The van der Waals surface area contributed by atoms with Gasteiger partial charge < -0.3 is 20.5 Å². The largest absolute Gasteiger partial charge is 0.490 e. The molecule has 0 aliphatic rings. The number of ether oxygens (including phenoxy) is 2. The molecular weight excluding hydrogens is 392 g/mol. The van der Waals surface area contributed by atoms with Crippen molar-refractivity contribution in [1.82, 2.24) is 0 Å². The monoisotopic (exact) mass is 410 g/mol. The van der Waals surface area contributed by atoms with Gasteiger partial charge in [0.2, 0.25) is 0 Å². The first-order valence-electron chi connectivity index (χ1n) is 8.69. The number of nitro groups is 1. The Morgan fingerprint density at radius 1 is 1.23 bits per heavy atom. The molecule has 3 N–H and O–H groups in total. The van der Waals surface area contributed by atoms with Crippen molar-refractivity contribution >= 4 is 29.3 Å². The number of hydrogen-bond donors (Lipinski definition) is 2. The van der Waals surface area contributed by atoms with Gasteiger partial charge in [0.1, 0.15) is 11.6 Å². The number of rotatable bonds is 9. The second-order valence-electron chi connectivity index (χ2n) is 5.83. The van der Waals surface area contributed by atoms with Crippen LogP contribution in [0.15, 0.2) is 48.0 Å². The van der Waals surface area contributed by atoms with Gasteiger partial charge in [0, 0.05) is 17.8 Å². The lowest BCUT2D eigenvalue weighted by atomic mass is 10.1. The summed E-state index contributed by atoms with van der Waals surface area (Å²) < 4.78 is 10.7. The number of carbonyl (C=O) groups is 2. The molecule has 2 rings (SSSR count). The van der Waals surface area contributed by atoms with E-state index in [1.807, 2.05) is 0 Å². The summed E-state index contributed by atoms with van der Waals surface area (Å²) in [6.07, 6.45) is 1.33. The molecule has 2 amide bonds. The second kappa shape index (κ2) is 10.2. The topological polar surface area (TPSA) is 158 Å². The minimum absolute atomic E-state index is 0.181. The number of nitriles is 1. The molecule has 0 saturated carbocycles. The predicted octanol–water partition coefficient (Wildman–Crippen LogP) is 2.40. The Morgan fingerprint density at radius 2 is 2.00 bits per heavy atom. The normalized spacial score (nSPS) is 10.6. The number of non-ortho nitro benzene ring substituents is 1. The van der Waals surface area contributed by atoms with E-state index in [0.717, 1.165) is 0 Å². The van der Waals surface area contributed by atoms with E-state index in [1.54, 1.807) is 19.1 Å². The number of nitrogens with zero attached hydrogens (tertiary/aromatic N) is 2. The average molecular weight is 410 g/mol. The molecule has 0 spiro atoms. The zero-order chi connectivity index (χ0) is 22.1. The number of amides is 2. The van der Waals surface area contributed by atoms with Crippen molar-refractivity contribution in [2.45, 2.75) is 6.92 Å². The van der Waals surface area contributed by atoms with E-state index in [0.29, 0.717) is 17.9 Å².